The van der Waals surface area contributed by atoms with Crippen molar-refractivity contribution in [3.63, 3.8) is 0 Å². The number of halogens is 1. The summed E-state index contributed by atoms with van der Waals surface area (Å²) in [6.07, 6.45) is 2.67. The lowest BCUT2D eigenvalue weighted by atomic mass is 9.86. The number of nitrogens with one attached hydrogen (secondary N) is 1. The average molecular weight is 413 g/mol. The van der Waals surface area contributed by atoms with Crippen molar-refractivity contribution < 1.29 is 14.3 Å². The minimum Gasteiger partial charge on any atom is -0.493 e. The molecule has 0 saturated carbocycles. The summed E-state index contributed by atoms with van der Waals surface area (Å²) < 4.78 is 11.6. The van der Waals surface area contributed by atoms with Crippen LogP contribution < -0.4 is 10.1 Å². The molecule has 2 aromatic rings. The fourth-order valence-corrected chi connectivity index (χ4v) is 4.85. The molecule has 5 nitrogen and oxygen atoms in total. The van der Waals surface area contributed by atoms with Gasteiger partial charge in [0.05, 0.1) is 12.6 Å². The van der Waals surface area contributed by atoms with Crippen LogP contribution in [0.5, 0.6) is 5.75 Å². The maximum atomic E-state index is 12.7. The van der Waals surface area contributed by atoms with Crippen LogP contribution in [-0.2, 0) is 4.74 Å². The Balaban J connectivity index is 1.31. The molecular formula is C23H25ClN2O3. The molecule has 4 heterocycles. The number of benzene rings is 2. The zero-order chi connectivity index (χ0) is 19.8. The van der Waals surface area contributed by atoms with Crippen LogP contribution in [0, 0.1) is 5.92 Å². The Morgan fingerprint density at radius 1 is 1.07 bits per heavy atom. The van der Waals surface area contributed by atoms with Crippen molar-refractivity contribution >= 4 is 17.7 Å². The molecule has 6 rings (SSSR count). The second-order valence-corrected chi connectivity index (χ2v) is 8.61. The van der Waals surface area contributed by atoms with Crippen LogP contribution in [0.2, 0.25) is 5.02 Å². The highest BCUT2D eigenvalue weighted by Gasteiger charge is 2.37. The van der Waals surface area contributed by atoms with E-state index in [1.165, 1.54) is 0 Å². The fraction of sp³-hybridized carbons (Fsp3) is 0.435. The maximum absolute atomic E-state index is 12.7. The van der Waals surface area contributed by atoms with E-state index in [0.717, 1.165) is 61.3 Å². The van der Waals surface area contributed by atoms with E-state index in [2.05, 4.69) is 16.3 Å². The Bertz CT molecular complexity index is 893. The zero-order valence-electron chi connectivity index (χ0n) is 16.3. The molecule has 29 heavy (non-hydrogen) atoms. The molecule has 0 radical (unpaired) electrons. The van der Waals surface area contributed by atoms with Gasteiger partial charge in [-0.05, 0) is 67.2 Å². The highest BCUT2D eigenvalue weighted by atomic mass is 35.5. The van der Waals surface area contributed by atoms with E-state index in [0.29, 0.717) is 17.5 Å². The van der Waals surface area contributed by atoms with Gasteiger partial charge in [0.2, 0.25) is 0 Å². The van der Waals surface area contributed by atoms with Crippen LogP contribution in [0.15, 0.2) is 42.5 Å². The van der Waals surface area contributed by atoms with Crippen molar-refractivity contribution in [3.8, 4) is 16.9 Å². The topological polar surface area (TPSA) is 50.8 Å². The number of piperidine rings is 3. The Kier molecular flexibility index (Phi) is 5.10. The normalized spacial score (nSPS) is 27.6. The third kappa shape index (κ3) is 3.94. The van der Waals surface area contributed by atoms with E-state index >= 15 is 0 Å². The first-order valence-electron chi connectivity index (χ1n) is 10.4. The summed E-state index contributed by atoms with van der Waals surface area (Å²) >= 11 is 6.01. The molecule has 152 valence electrons. The van der Waals surface area contributed by atoms with E-state index in [1.807, 2.05) is 36.4 Å². The summed E-state index contributed by atoms with van der Waals surface area (Å²) in [5.41, 5.74) is 3.15. The number of alkyl carbamates (subject to hydrolysis) is 1. The summed E-state index contributed by atoms with van der Waals surface area (Å²) in [7, 11) is 0. The summed E-state index contributed by atoms with van der Waals surface area (Å²) in [6.45, 7) is 3.71. The molecule has 2 aromatic carbocycles. The largest absolute Gasteiger partial charge is 0.493 e. The molecule has 4 aliphatic heterocycles. The number of hydrogen-bond acceptors (Lipinski definition) is 4. The lowest BCUT2D eigenvalue weighted by Gasteiger charge is -2.44. The van der Waals surface area contributed by atoms with Gasteiger partial charge in [-0.15, -0.1) is 0 Å². The van der Waals surface area contributed by atoms with E-state index in [1.54, 1.807) is 0 Å². The van der Waals surface area contributed by atoms with Crippen LogP contribution in [0.25, 0.3) is 11.1 Å². The lowest BCUT2D eigenvalue weighted by Crippen LogP contribution is -2.52. The highest BCUT2D eigenvalue weighted by Crippen LogP contribution is 2.36. The van der Waals surface area contributed by atoms with Crippen molar-refractivity contribution in [2.24, 2.45) is 5.92 Å². The number of fused-ring (bicyclic) bond motifs is 4. The van der Waals surface area contributed by atoms with E-state index in [9.17, 15) is 4.79 Å². The lowest BCUT2D eigenvalue weighted by molar-refractivity contribution is -0.0342. The third-order valence-electron chi connectivity index (χ3n) is 6.37. The quantitative estimate of drug-likeness (QED) is 0.797. The summed E-state index contributed by atoms with van der Waals surface area (Å²) in [5.74, 6) is 1.33. The van der Waals surface area contributed by atoms with Crippen molar-refractivity contribution in [1.29, 1.82) is 0 Å². The molecule has 1 amide bonds. The molecule has 3 saturated heterocycles. The van der Waals surface area contributed by atoms with Crippen LogP contribution in [0.3, 0.4) is 0 Å². The average Bonchev–Trinajstić information content (AvgIpc) is 2.75. The number of nitrogens with zero attached hydrogens (tertiary/aromatic N) is 1. The molecule has 0 aromatic heterocycles. The minimum atomic E-state index is -0.321. The molecule has 6 heteroatoms. The van der Waals surface area contributed by atoms with Gasteiger partial charge < -0.3 is 14.8 Å². The van der Waals surface area contributed by atoms with E-state index in [-0.39, 0.29) is 18.2 Å². The highest BCUT2D eigenvalue weighted by molar-refractivity contribution is 6.30. The van der Waals surface area contributed by atoms with Gasteiger partial charge in [0.25, 0.3) is 0 Å². The Labute approximate surface area is 175 Å². The molecular weight excluding hydrogens is 388 g/mol. The summed E-state index contributed by atoms with van der Waals surface area (Å²) in [6, 6.07) is 13.8. The zero-order valence-corrected chi connectivity index (χ0v) is 17.0. The van der Waals surface area contributed by atoms with Gasteiger partial charge in [-0.1, -0.05) is 29.8 Å². The van der Waals surface area contributed by atoms with E-state index < -0.39 is 0 Å². The van der Waals surface area contributed by atoms with E-state index in [4.69, 9.17) is 21.1 Å². The molecule has 3 fully saturated rings. The first-order valence-corrected chi connectivity index (χ1v) is 10.8. The number of carbonyl (C=O) groups is 1. The standard InChI is InChI=1S/C23H25ClN2O3/c24-18-4-1-15(2-5-18)17-3-6-21-19(13-17)20(9-12-28-21)25-23(27)29-22-14-26-10-7-16(22)8-11-26/h1-6,13,16,20,22H,7-12,14H2,(H,25,27)/t20?,22-/m0/s1. The fourth-order valence-electron chi connectivity index (χ4n) is 4.72. The van der Waals surface area contributed by atoms with Gasteiger partial charge in [-0.3, -0.25) is 4.90 Å². The van der Waals surface area contributed by atoms with Gasteiger partial charge in [0, 0.05) is 23.6 Å². The minimum absolute atomic E-state index is 0.0113. The molecule has 2 bridgehead atoms. The molecule has 2 atom stereocenters. The van der Waals surface area contributed by atoms with Crippen molar-refractivity contribution in [3.05, 3.63) is 53.1 Å². The number of amides is 1. The monoisotopic (exact) mass is 412 g/mol. The number of rotatable bonds is 3. The van der Waals surface area contributed by atoms with Gasteiger partial charge in [-0.25, -0.2) is 4.79 Å². The summed E-state index contributed by atoms with van der Waals surface area (Å²) in [4.78, 5) is 15.0. The van der Waals surface area contributed by atoms with Crippen LogP contribution in [0.4, 0.5) is 4.79 Å². The Hall–Kier alpha value is -2.24. The molecule has 4 aliphatic rings. The molecule has 1 N–H and O–H groups in total. The summed E-state index contributed by atoms with van der Waals surface area (Å²) in [5, 5.41) is 3.80. The number of hydrogen-bond donors (Lipinski definition) is 1. The van der Waals surface area contributed by atoms with Crippen LogP contribution in [0.1, 0.15) is 30.9 Å². The van der Waals surface area contributed by atoms with Gasteiger partial charge in [-0.2, -0.15) is 0 Å². The Morgan fingerprint density at radius 2 is 1.83 bits per heavy atom. The SMILES string of the molecule is O=C(NC1CCOc2ccc(-c3ccc(Cl)cc3)cc21)O[C@H]1CN2CCC1CC2. The predicted octanol–water partition coefficient (Wildman–Crippen LogP) is 4.65. The van der Waals surface area contributed by atoms with Gasteiger partial charge >= 0.3 is 6.09 Å². The van der Waals surface area contributed by atoms with Crippen molar-refractivity contribution in [2.45, 2.75) is 31.4 Å². The van der Waals surface area contributed by atoms with Gasteiger partial charge in [0.1, 0.15) is 11.9 Å². The molecule has 0 spiro atoms. The van der Waals surface area contributed by atoms with Crippen molar-refractivity contribution in [1.82, 2.24) is 10.2 Å². The molecule has 0 aliphatic carbocycles. The molecule has 1 unspecified atom stereocenters. The first-order chi connectivity index (χ1) is 14.2. The second kappa shape index (κ2) is 7.88. The third-order valence-corrected chi connectivity index (χ3v) is 6.63. The first kappa shape index (κ1) is 18.8. The predicted molar refractivity (Wildman–Crippen MR) is 112 cm³/mol. The second-order valence-electron chi connectivity index (χ2n) is 8.18. The van der Waals surface area contributed by atoms with Crippen LogP contribution >= 0.6 is 11.6 Å². The van der Waals surface area contributed by atoms with Crippen molar-refractivity contribution in [2.75, 3.05) is 26.2 Å². The number of ether oxygens (including phenoxy) is 2. The Morgan fingerprint density at radius 3 is 2.55 bits per heavy atom. The number of carbonyl (C=O) groups excluding carboxylic acids is 1. The maximum Gasteiger partial charge on any atom is 0.407 e. The van der Waals surface area contributed by atoms with Crippen LogP contribution in [-0.4, -0.2) is 43.3 Å². The van der Waals surface area contributed by atoms with Gasteiger partial charge in [0.15, 0.2) is 0 Å². The smallest absolute Gasteiger partial charge is 0.407 e.